The average molecular weight is 419 g/mol. The zero-order valence-electron chi connectivity index (χ0n) is 15.4. The molecule has 0 atom stereocenters. The van der Waals surface area contributed by atoms with Crippen LogP contribution in [0.25, 0.3) is 0 Å². The van der Waals surface area contributed by atoms with Crippen LogP contribution in [-0.2, 0) is 17.1 Å². The summed E-state index contributed by atoms with van der Waals surface area (Å²) in [6.45, 7) is 3.27. The molecule has 0 saturated heterocycles. The third-order valence-electron chi connectivity index (χ3n) is 4.21. The Kier molecular flexibility index (Phi) is 5.43. The number of benzene rings is 2. The van der Waals surface area contributed by atoms with Crippen molar-refractivity contribution in [1.82, 2.24) is 9.55 Å². The van der Waals surface area contributed by atoms with Crippen LogP contribution in [0, 0.1) is 24.0 Å². The molecule has 1 heterocycles. The third kappa shape index (κ3) is 4.02. The van der Waals surface area contributed by atoms with E-state index < -0.39 is 14.9 Å². The number of nitro groups is 1. The quantitative estimate of drug-likeness (QED) is 0.481. The molecule has 0 unspecified atom stereocenters. The molecule has 0 aliphatic carbocycles. The largest absolute Gasteiger partial charge is 0.329 e. The van der Waals surface area contributed by atoms with E-state index in [4.69, 9.17) is 0 Å². The van der Waals surface area contributed by atoms with Crippen LogP contribution in [0.5, 0.6) is 0 Å². The second-order valence-electron chi connectivity index (χ2n) is 6.17. The van der Waals surface area contributed by atoms with Crippen LogP contribution >= 0.6 is 11.8 Å². The van der Waals surface area contributed by atoms with Crippen molar-refractivity contribution in [3.05, 3.63) is 70.0 Å². The van der Waals surface area contributed by atoms with Gasteiger partial charge in [0.25, 0.3) is 15.7 Å². The van der Waals surface area contributed by atoms with Gasteiger partial charge >= 0.3 is 0 Å². The fraction of sp³-hybridized carbons (Fsp3) is 0.167. The third-order valence-corrected chi connectivity index (χ3v) is 6.86. The summed E-state index contributed by atoms with van der Waals surface area (Å²) in [5.41, 5.74) is 1.11. The SMILES string of the molecule is Cc1cc([N+](=O)[O-])cc(S(=O)(=O)Nc2ccccc2Sc2nccn2C)c1C. The van der Waals surface area contributed by atoms with Gasteiger partial charge in [0.2, 0.25) is 0 Å². The van der Waals surface area contributed by atoms with Gasteiger partial charge in [-0.3, -0.25) is 14.8 Å². The number of sulfonamides is 1. The summed E-state index contributed by atoms with van der Waals surface area (Å²) in [6.07, 6.45) is 3.45. The van der Waals surface area contributed by atoms with E-state index in [2.05, 4.69) is 9.71 Å². The van der Waals surface area contributed by atoms with Crippen molar-refractivity contribution in [3.63, 3.8) is 0 Å². The van der Waals surface area contributed by atoms with E-state index in [1.807, 2.05) is 11.6 Å². The number of nitrogens with zero attached hydrogens (tertiary/aromatic N) is 3. The molecule has 1 aromatic heterocycles. The number of imidazole rings is 1. The minimum Gasteiger partial charge on any atom is -0.329 e. The van der Waals surface area contributed by atoms with Gasteiger partial charge in [0, 0.05) is 36.5 Å². The smallest absolute Gasteiger partial charge is 0.271 e. The molecule has 10 heteroatoms. The predicted octanol–water partition coefficient (Wildman–Crippen LogP) is 3.90. The normalized spacial score (nSPS) is 11.4. The highest BCUT2D eigenvalue weighted by atomic mass is 32.2. The average Bonchev–Trinajstić information content (AvgIpc) is 3.03. The Hall–Kier alpha value is -2.85. The summed E-state index contributed by atoms with van der Waals surface area (Å²) in [7, 11) is -2.18. The molecular formula is C18H18N4O4S2. The second-order valence-corrected chi connectivity index (χ2v) is 8.83. The van der Waals surface area contributed by atoms with Crippen molar-refractivity contribution in [2.75, 3.05) is 4.72 Å². The highest BCUT2D eigenvalue weighted by molar-refractivity contribution is 7.99. The number of para-hydroxylation sites is 1. The molecule has 3 rings (SSSR count). The number of rotatable bonds is 6. The Morgan fingerprint density at radius 3 is 2.57 bits per heavy atom. The van der Waals surface area contributed by atoms with Gasteiger partial charge in [-0.05, 0) is 48.9 Å². The molecule has 0 aliphatic heterocycles. The maximum absolute atomic E-state index is 13.0. The lowest BCUT2D eigenvalue weighted by Crippen LogP contribution is -2.15. The first-order valence-electron chi connectivity index (χ1n) is 8.21. The number of nitrogens with one attached hydrogen (secondary N) is 1. The number of non-ortho nitro benzene ring substituents is 1. The van der Waals surface area contributed by atoms with Gasteiger partial charge in [-0.1, -0.05) is 12.1 Å². The summed E-state index contributed by atoms with van der Waals surface area (Å²) < 4.78 is 30.4. The molecule has 146 valence electrons. The molecule has 0 amide bonds. The molecular weight excluding hydrogens is 400 g/mol. The van der Waals surface area contributed by atoms with Gasteiger partial charge in [0.05, 0.1) is 15.5 Å². The summed E-state index contributed by atoms with van der Waals surface area (Å²) >= 11 is 1.32. The molecule has 2 aromatic carbocycles. The summed E-state index contributed by atoms with van der Waals surface area (Å²) in [5.74, 6) is 0. The molecule has 0 aliphatic rings. The van der Waals surface area contributed by atoms with E-state index in [1.54, 1.807) is 50.5 Å². The molecule has 0 spiro atoms. The van der Waals surface area contributed by atoms with Crippen LogP contribution in [0.4, 0.5) is 11.4 Å². The number of aromatic nitrogens is 2. The Morgan fingerprint density at radius 1 is 1.21 bits per heavy atom. The van der Waals surface area contributed by atoms with Crippen LogP contribution < -0.4 is 4.72 Å². The van der Waals surface area contributed by atoms with Crippen molar-refractivity contribution < 1.29 is 13.3 Å². The lowest BCUT2D eigenvalue weighted by molar-refractivity contribution is -0.385. The maximum Gasteiger partial charge on any atom is 0.271 e. The number of aryl methyl sites for hydroxylation is 2. The van der Waals surface area contributed by atoms with Crippen molar-refractivity contribution >= 4 is 33.2 Å². The van der Waals surface area contributed by atoms with Crippen molar-refractivity contribution in [2.24, 2.45) is 7.05 Å². The fourth-order valence-electron chi connectivity index (χ4n) is 2.58. The minimum absolute atomic E-state index is 0.115. The van der Waals surface area contributed by atoms with E-state index in [-0.39, 0.29) is 10.6 Å². The lowest BCUT2D eigenvalue weighted by atomic mass is 10.1. The van der Waals surface area contributed by atoms with E-state index in [0.29, 0.717) is 26.9 Å². The fourth-order valence-corrected chi connectivity index (χ4v) is 4.95. The highest BCUT2D eigenvalue weighted by Gasteiger charge is 2.23. The monoisotopic (exact) mass is 418 g/mol. The zero-order chi connectivity index (χ0) is 20.5. The van der Waals surface area contributed by atoms with E-state index in [0.717, 1.165) is 6.07 Å². The summed E-state index contributed by atoms with van der Waals surface area (Å²) in [4.78, 5) is 15.3. The van der Waals surface area contributed by atoms with Crippen LogP contribution in [0.15, 0.2) is 63.7 Å². The molecule has 0 bridgehead atoms. The van der Waals surface area contributed by atoms with Crippen molar-refractivity contribution in [3.8, 4) is 0 Å². The topological polar surface area (TPSA) is 107 Å². The molecule has 0 radical (unpaired) electrons. The van der Waals surface area contributed by atoms with Crippen molar-refractivity contribution in [2.45, 2.75) is 28.8 Å². The van der Waals surface area contributed by atoms with E-state index in [1.165, 1.54) is 17.8 Å². The number of hydrogen-bond acceptors (Lipinski definition) is 6. The van der Waals surface area contributed by atoms with Crippen molar-refractivity contribution in [1.29, 1.82) is 0 Å². The zero-order valence-corrected chi connectivity index (χ0v) is 17.0. The molecule has 0 fully saturated rings. The maximum atomic E-state index is 13.0. The number of hydrogen-bond donors (Lipinski definition) is 1. The van der Waals surface area contributed by atoms with Gasteiger partial charge in [0.1, 0.15) is 0 Å². The summed E-state index contributed by atoms with van der Waals surface area (Å²) in [5, 5.41) is 11.8. The Labute approximate surface area is 166 Å². The van der Waals surface area contributed by atoms with Gasteiger partial charge in [-0.2, -0.15) is 0 Å². The molecule has 8 nitrogen and oxygen atoms in total. The Bertz CT molecular complexity index is 1160. The number of nitro benzene ring substituents is 1. The van der Waals surface area contributed by atoms with Crippen LogP contribution in [0.1, 0.15) is 11.1 Å². The second kappa shape index (κ2) is 7.64. The van der Waals surface area contributed by atoms with Gasteiger partial charge in [0.15, 0.2) is 5.16 Å². The van der Waals surface area contributed by atoms with Crippen LogP contribution in [0.2, 0.25) is 0 Å². The van der Waals surface area contributed by atoms with Gasteiger partial charge in [-0.25, -0.2) is 13.4 Å². The molecule has 28 heavy (non-hydrogen) atoms. The predicted molar refractivity (Wildman–Crippen MR) is 107 cm³/mol. The van der Waals surface area contributed by atoms with Gasteiger partial charge < -0.3 is 4.57 Å². The van der Waals surface area contributed by atoms with Crippen LogP contribution in [-0.4, -0.2) is 22.9 Å². The highest BCUT2D eigenvalue weighted by Crippen LogP contribution is 2.34. The molecule has 3 aromatic rings. The van der Waals surface area contributed by atoms with E-state index in [9.17, 15) is 18.5 Å². The Morgan fingerprint density at radius 2 is 1.93 bits per heavy atom. The first-order chi connectivity index (χ1) is 13.2. The summed E-state index contributed by atoms with van der Waals surface area (Å²) in [6, 6.07) is 9.38. The lowest BCUT2D eigenvalue weighted by Gasteiger charge is -2.14. The first-order valence-corrected chi connectivity index (χ1v) is 10.5. The Balaban J connectivity index is 2.00. The minimum atomic E-state index is -4.03. The number of anilines is 1. The molecule has 1 N–H and O–H groups in total. The standard InChI is InChI=1S/C18H18N4O4S2/c1-12-10-14(22(23)24)11-17(13(12)2)28(25,26)20-15-6-4-5-7-16(15)27-18-19-8-9-21(18)3/h4-11,20H,1-3H3. The van der Waals surface area contributed by atoms with Crippen LogP contribution in [0.3, 0.4) is 0 Å². The first kappa shape index (κ1) is 19.9. The molecule has 0 saturated carbocycles. The van der Waals surface area contributed by atoms with Gasteiger partial charge in [-0.15, -0.1) is 0 Å². The van der Waals surface area contributed by atoms with E-state index >= 15 is 0 Å².